The first kappa shape index (κ1) is 14.1. The lowest BCUT2D eigenvalue weighted by Gasteiger charge is -2.21. The highest BCUT2D eigenvalue weighted by Crippen LogP contribution is 2.10. The molecule has 0 fully saturated rings. The standard InChI is InChI=1S/C12H15BrFNO2/c1-17-9-8-15(7-6-13)12(16)10-4-2-3-5-11(10)14/h2-5H,6-9H2,1H3. The second kappa shape index (κ2) is 7.40. The van der Waals surface area contributed by atoms with E-state index < -0.39 is 5.82 Å². The number of ether oxygens (including phenoxy) is 1. The van der Waals surface area contributed by atoms with E-state index >= 15 is 0 Å². The summed E-state index contributed by atoms with van der Waals surface area (Å²) in [6, 6.07) is 6.00. The molecule has 1 amide bonds. The van der Waals surface area contributed by atoms with Crippen LogP contribution >= 0.6 is 15.9 Å². The highest BCUT2D eigenvalue weighted by atomic mass is 79.9. The third-order valence-electron chi connectivity index (χ3n) is 2.31. The molecule has 3 nitrogen and oxygen atoms in total. The Morgan fingerprint density at radius 2 is 2.12 bits per heavy atom. The smallest absolute Gasteiger partial charge is 0.256 e. The third-order valence-corrected chi connectivity index (χ3v) is 2.67. The number of alkyl halides is 1. The highest BCUT2D eigenvalue weighted by molar-refractivity contribution is 9.09. The van der Waals surface area contributed by atoms with Crippen molar-refractivity contribution in [3.05, 3.63) is 35.6 Å². The molecule has 0 unspecified atom stereocenters. The molecule has 1 aromatic carbocycles. The van der Waals surface area contributed by atoms with E-state index in [2.05, 4.69) is 15.9 Å². The molecule has 0 bridgehead atoms. The summed E-state index contributed by atoms with van der Waals surface area (Å²) in [5, 5.41) is 0.650. The number of benzene rings is 1. The van der Waals surface area contributed by atoms with Crippen molar-refractivity contribution >= 4 is 21.8 Å². The van der Waals surface area contributed by atoms with E-state index in [0.717, 1.165) is 0 Å². The van der Waals surface area contributed by atoms with Crippen LogP contribution in [-0.4, -0.2) is 42.9 Å². The summed E-state index contributed by atoms with van der Waals surface area (Å²) in [7, 11) is 1.57. The number of amides is 1. The number of methoxy groups -OCH3 is 1. The molecule has 0 radical (unpaired) electrons. The van der Waals surface area contributed by atoms with E-state index in [-0.39, 0.29) is 11.5 Å². The summed E-state index contributed by atoms with van der Waals surface area (Å²) in [5.41, 5.74) is 0.101. The maximum absolute atomic E-state index is 13.5. The number of hydrogen-bond donors (Lipinski definition) is 0. The molecule has 0 aromatic heterocycles. The zero-order chi connectivity index (χ0) is 12.7. The Morgan fingerprint density at radius 3 is 2.71 bits per heavy atom. The van der Waals surface area contributed by atoms with E-state index in [4.69, 9.17) is 4.74 Å². The Bertz CT molecular complexity index is 373. The highest BCUT2D eigenvalue weighted by Gasteiger charge is 2.17. The minimum atomic E-state index is -0.491. The van der Waals surface area contributed by atoms with Crippen LogP contribution in [0.2, 0.25) is 0 Å². The molecule has 0 atom stereocenters. The molecular formula is C12H15BrFNO2. The third kappa shape index (κ3) is 4.09. The minimum absolute atomic E-state index is 0.101. The van der Waals surface area contributed by atoms with Gasteiger partial charge in [-0.1, -0.05) is 28.1 Å². The van der Waals surface area contributed by atoms with Crippen molar-refractivity contribution in [2.75, 3.05) is 32.1 Å². The number of halogens is 2. The Balaban J connectivity index is 2.80. The van der Waals surface area contributed by atoms with E-state index in [1.54, 1.807) is 24.1 Å². The Kier molecular flexibility index (Phi) is 6.15. The molecule has 0 aliphatic carbocycles. The van der Waals surface area contributed by atoms with Gasteiger partial charge < -0.3 is 9.64 Å². The lowest BCUT2D eigenvalue weighted by Crippen LogP contribution is -2.35. The predicted molar refractivity (Wildman–Crippen MR) is 68.0 cm³/mol. The summed E-state index contributed by atoms with van der Waals surface area (Å²) in [5.74, 6) is -0.797. The zero-order valence-corrected chi connectivity index (χ0v) is 11.2. The summed E-state index contributed by atoms with van der Waals surface area (Å²) < 4.78 is 18.4. The van der Waals surface area contributed by atoms with Crippen LogP contribution in [0.15, 0.2) is 24.3 Å². The van der Waals surface area contributed by atoms with Gasteiger partial charge in [-0.25, -0.2) is 4.39 Å². The molecule has 94 valence electrons. The van der Waals surface area contributed by atoms with Crippen molar-refractivity contribution in [1.82, 2.24) is 4.90 Å². The van der Waals surface area contributed by atoms with E-state index in [9.17, 15) is 9.18 Å². The molecule has 0 saturated heterocycles. The normalized spacial score (nSPS) is 10.3. The maximum Gasteiger partial charge on any atom is 0.256 e. The summed E-state index contributed by atoms with van der Waals surface area (Å²) in [4.78, 5) is 13.6. The van der Waals surface area contributed by atoms with Crippen LogP contribution in [-0.2, 0) is 4.74 Å². The molecule has 1 aromatic rings. The van der Waals surface area contributed by atoms with Gasteiger partial charge in [-0.15, -0.1) is 0 Å². The van der Waals surface area contributed by atoms with Gasteiger partial charge in [0.15, 0.2) is 0 Å². The molecule has 17 heavy (non-hydrogen) atoms. The van der Waals surface area contributed by atoms with Gasteiger partial charge in [0, 0.05) is 25.5 Å². The van der Waals surface area contributed by atoms with Crippen LogP contribution in [0.3, 0.4) is 0 Å². The van der Waals surface area contributed by atoms with E-state index in [1.165, 1.54) is 12.1 Å². The fourth-order valence-corrected chi connectivity index (χ4v) is 1.85. The molecule has 1 rings (SSSR count). The molecule has 0 spiro atoms. The Labute approximate surface area is 109 Å². The van der Waals surface area contributed by atoms with Gasteiger partial charge in [-0.2, -0.15) is 0 Å². The number of carbonyl (C=O) groups is 1. The average molecular weight is 304 g/mol. The number of carbonyl (C=O) groups excluding carboxylic acids is 1. The lowest BCUT2D eigenvalue weighted by atomic mass is 10.2. The topological polar surface area (TPSA) is 29.5 Å². The SMILES string of the molecule is COCCN(CCBr)C(=O)c1ccccc1F. The molecule has 5 heteroatoms. The van der Waals surface area contributed by atoms with Gasteiger partial charge >= 0.3 is 0 Å². The summed E-state index contributed by atoms with van der Waals surface area (Å²) >= 11 is 3.27. The lowest BCUT2D eigenvalue weighted by molar-refractivity contribution is 0.0704. The molecule has 0 N–H and O–H groups in total. The van der Waals surface area contributed by atoms with Crippen LogP contribution in [0.1, 0.15) is 10.4 Å². The number of rotatable bonds is 6. The van der Waals surface area contributed by atoms with Gasteiger partial charge in [0.1, 0.15) is 5.82 Å². The first-order chi connectivity index (χ1) is 8.20. The zero-order valence-electron chi connectivity index (χ0n) is 9.66. The van der Waals surface area contributed by atoms with Gasteiger partial charge in [-0.05, 0) is 12.1 Å². The first-order valence-electron chi connectivity index (χ1n) is 5.29. The predicted octanol–water partition coefficient (Wildman–Crippen LogP) is 2.31. The van der Waals surface area contributed by atoms with Crippen molar-refractivity contribution < 1.29 is 13.9 Å². The van der Waals surface area contributed by atoms with Gasteiger partial charge in [0.25, 0.3) is 5.91 Å². The van der Waals surface area contributed by atoms with Crippen LogP contribution in [0.4, 0.5) is 4.39 Å². The maximum atomic E-state index is 13.5. The van der Waals surface area contributed by atoms with Gasteiger partial charge in [0.05, 0.1) is 12.2 Å². The molecule has 0 aliphatic heterocycles. The second-order valence-corrected chi connectivity index (χ2v) is 4.25. The average Bonchev–Trinajstić information content (AvgIpc) is 2.34. The first-order valence-corrected chi connectivity index (χ1v) is 6.41. The monoisotopic (exact) mass is 303 g/mol. The molecule has 0 aliphatic rings. The van der Waals surface area contributed by atoms with Crippen LogP contribution in [0, 0.1) is 5.82 Å². The van der Waals surface area contributed by atoms with Crippen LogP contribution < -0.4 is 0 Å². The van der Waals surface area contributed by atoms with Gasteiger partial charge in [-0.3, -0.25) is 4.79 Å². The largest absolute Gasteiger partial charge is 0.383 e. The molecule has 0 saturated carbocycles. The van der Waals surface area contributed by atoms with Crippen molar-refractivity contribution in [3.8, 4) is 0 Å². The number of hydrogen-bond acceptors (Lipinski definition) is 2. The van der Waals surface area contributed by atoms with Crippen molar-refractivity contribution in [2.24, 2.45) is 0 Å². The fraction of sp³-hybridized carbons (Fsp3) is 0.417. The Morgan fingerprint density at radius 1 is 1.41 bits per heavy atom. The van der Waals surface area contributed by atoms with Crippen molar-refractivity contribution in [2.45, 2.75) is 0 Å². The number of nitrogens with zero attached hydrogens (tertiary/aromatic N) is 1. The molecule has 0 heterocycles. The second-order valence-electron chi connectivity index (χ2n) is 3.45. The van der Waals surface area contributed by atoms with E-state index in [0.29, 0.717) is 25.0 Å². The molecular weight excluding hydrogens is 289 g/mol. The van der Waals surface area contributed by atoms with Crippen molar-refractivity contribution in [1.29, 1.82) is 0 Å². The van der Waals surface area contributed by atoms with Crippen LogP contribution in [0.25, 0.3) is 0 Å². The minimum Gasteiger partial charge on any atom is -0.383 e. The van der Waals surface area contributed by atoms with Crippen molar-refractivity contribution in [3.63, 3.8) is 0 Å². The summed E-state index contributed by atoms with van der Waals surface area (Å²) in [6.45, 7) is 1.42. The Hall–Kier alpha value is -0.940. The quantitative estimate of drug-likeness (QED) is 0.755. The van der Waals surface area contributed by atoms with Gasteiger partial charge in [0.2, 0.25) is 0 Å². The van der Waals surface area contributed by atoms with Crippen LogP contribution in [0.5, 0.6) is 0 Å². The fourth-order valence-electron chi connectivity index (χ4n) is 1.42. The van der Waals surface area contributed by atoms with E-state index in [1.807, 2.05) is 0 Å². The summed E-state index contributed by atoms with van der Waals surface area (Å²) in [6.07, 6.45) is 0.